The molecule has 2 fully saturated rings. The van der Waals surface area contributed by atoms with Gasteiger partial charge in [-0.05, 0) is 56.6 Å². The van der Waals surface area contributed by atoms with Gasteiger partial charge in [-0.1, -0.05) is 6.92 Å². The molecule has 2 aliphatic rings. The topological polar surface area (TPSA) is 81.9 Å². The normalized spacial score (nSPS) is 18.7. The Morgan fingerprint density at radius 2 is 1.86 bits per heavy atom. The highest BCUT2D eigenvalue weighted by Crippen LogP contribution is 2.29. The fourth-order valence-electron chi connectivity index (χ4n) is 5.13. The van der Waals surface area contributed by atoms with Crippen molar-refractivity contribution in [3.8, 4) is 0 Å². The van der Waals surface area contributed by atoms with Gasteiger partial charge in [-0.15, -0.1) is 15.3 Å². The second-order valence-electron chi connectivity index (χ2n) is 9.44. The fraction of sp³-hybridized carbons (Fsp3) is 0.520. The number of aromatic nitrogens is 4. The maximum absolute atomic E-state index is 14.2. The highest BCUT2D eigenvalue weighted by Gasteiger charge is 2.28. The van der Waals surface area contributed by atoms with Crippen LogP contribution in [0.5, 0.6) is 0 Å². The lowest BCUT2D eigenvalue weighted by Crippen LogP contribution is -2.47. The summed E-state index contributed by atoms with van der Waals surface area (Å²) < 4.78 is 15.9. The van der Waals surface area contributed by atoms with Crippen LogP contribution in [0.3, 0.4) is 0 Å². The van der Waals surface area contributed by atoms with Crippen molar-refractivity contribution in [3.05, 3.63) is 48.0 Å². The molecule has 2 saturated heterocycles. The highest BCUT2D eigenvalue weighted by molar-refractivity contribution is 5.79. The Morgan fingerprint density at radius 1 is 1.09 bits per heavy atom. The lowest BCUT2D eigenvalue weighted by Gasteiger charge is -2.37. The number of halogens is 1. The van der Waals surface area contributed by atoms with Crippen molar-refractivity contribution in [3.63, 3.8) is 0 Å². The number of fused-ring (bicyclic) bond motifs is 1. The second-order valence-corrected chi connectivity index (χ2v) is 9.44. The molecule has 1 unspecified atom stereocenters. The molecule has 0 saturated carbocycles. The van der Waals surface area contributed by atoms with Gasteiger partial charge in [0, 0.05) is 56.4 Å². The standard InChI is InChI=1S/C25H33FN8O/c1-3-31-12-14-32(15-13-31)22-5-4-20(26)16-21(22)18(2)28-25(35)19-8-10-33(11-9-19)24-7-6-23-29-27-17-34(23)30-24/h4-7,16-19H,3,8-15H2,1-2H3,(H,28,35). The molecule has 1 atom stereocenters. The van der Waals surface area contributed by atoms with E-state index in [-0.39, 0.29) is 23.7 Å². The Bertz CT molecular complexity index is 1170. The Kier molecular flexibility index (Phi) is 6.81. The number of amides is 1. The number of piperidine rings is 1. The van der Waals surface area contributed by atoms with Crippen LogP contribution in [-0.2, 0) is 4.79 Å². The van der Waals surface area contributed by atoms with Crippen LogP contribution in [0, 0.1) is 11.7 Å². The molecular formula is C25H33FN8O. The van der Waals surface area contributed by atoms with Gasteiger partial charge >= 0.3 is 0 Å². The minimum absolute atomic E-state index is 0.0328. The minimum atomic E-state index is -0.275. The molecule has 0 spiro atoms. The lowest BCUT2D eigenvalue weighted by atomic mass is 9.95. The number of hydrogen-bond donors (Lipinski definition) is 1. The van der Waals surface area contributed by atoms with Gasteiger partial charge in [-0.25, -0.2) is 4.39 Å². The number of piperazine rings is 1. The molecule has 35 heavy (non-hydrogen) atoms. The fourth-order valence-corrected chi connectivity index (χ4v) is 5.13. The molecule has 2 aliphatic heterocycles. The zero-order valence-corrected chi connectivity index (χ0v) is 20.4. The third-order valence-corrected chi connectivity index (χ3v) is 7.31. The number of nitrogens with one attached hydrogen (secondary N) is 1. The maximum Gasteiger partial charge on any atom is 0.223 e. The summed E-state index contributed by atoms with van der Waals surface area (Å²) in [5, 5.41) is 15.6. The first-order valence-electron chi connectivity index (χ1n) is 12.5. The molecule has 9 nitrogen and oxygen atoms in total. The molecule has 0 aliphatic carbocycles. The van der Waals surface area contributed by atoms with Crippen molar-refractivity contribution >= 4 is 23.1 Å². The van der Waals surface area contributed by atoms with E-state index in [9.17, 15) is 9.18 Å². The molecule has 5 rings (SSSR count). The van der Waals surface area contributed by atoms with Crippen LogP contribution in [0.4, 0.5) is 15.9 Å². The average Bonchev–Trinajstić information content (AvgIpc) is 3.37. The number of carbonyl (C=O) groups excluding carboxylic acids is 1. The predicted molar refractivity (Wildman–Crippen MR) is 133 cm³/mol. The Labute approximate surface area is 204 Å². The number of nitrogens with zero attached hydrogens (tertiary/aromatic N) is 7. The molecule has 10 heteroatoms. The number of benzene rings is 1. The van der Waals surface area contributed by atoms with Crippen LogP contribution < -0.4 is 15.1 Å². The van der Waals surface area contributed by atoms with Crippen molar-refractivity contribution in [2.24, 2.45) is 5.92 Å². The molecule has 2 aromatic heterocycles. The predicted octanol–water partition coefficient (Wildman–Crippen LogP) is 2.50. The zero-order valence-electron chi connectivity index (χ0n) is 20.4. The summed E-state index contributed by atoms with van der Waals surface area (Å²) in [6.45, 7) is 10.5. The zero-order chi connectivity index (χ0) is 24.4. The SMILES string of the molecule is CCN1CCN(c2ccc(F)cc2C(C)NC(=O)C2CCN(c3ccc4nncn4n3)CC2)CC1. The summed E-state index contributed by atoms with van der Waals surface area (Å²) in [7, 11) is 0. The van der Waals surface area contributed by atoms with E-state index in [4.69, 9.17) is 0 Å². The molecule has 0 bridgehead atoms. The number of carbonyl (C=O) groups is 1. The van der Waals surface area contributed by atoms with Crippen LogP contribution in [0.2, 0.25) is 0 Å². The first-order valence-corrected chi connectivity index (χ1v) is 12.5. The van der Waals surface area contributed by atoms with Crippen LogP contribution in [-0.4, -0.2) is 76.4 Å². The minimum Gasteiger partial charge on any atom is -0.369 e. The summed E-state index contributed by atoms with van der Waals surface area (Å²) in [6, 6.07) is 8.51. The van der Waals surface area contributed by atoms with Gasteiger partial charge in [0.15, 0.2) is 5.65 Å². The Morgan fingerprint density at radius 3 is 2.60 bits per heavy atom. The molecule has 1 aromatic carbocycles. The van der Waals surface area contributed by atoms with Crippen molar-refractivity contribution in [1.29, 1.82) is 0 Å². The van der Waals surface area contributed by atoms with E-state index in [1.54, 1.807) is 16.9 Å². The van der Waals surface area contributed by atoms with E-state index >= 15 is 0 Å². The van der Waals surface area contributed by atoms with Crippen molar-refractivity contribution < 1.29 is 9.18 Å². The maximum atomic E-state index is 14.2. The Balaban J connectivity index is 1.21. The van der Waals surface area contributed by atoms with E-state index in [2.05, 4.69) is 42.2 Å². The molecule has 3 aromatic rings. The quantitative estimate of drug-likeness (QED) is 0.581. The monoisotopic (exact) mass is 480 g/mol. The summed E-state index contributed by atoms with van der Waals surface area (Å²) in [6.07, 6.45) is 3.08. The summed E-state index contributed by atoms with van der Waals surface area (Å²) in [4.78, 5) is 20.0. The smallest absolute Gasteiger partial charge is 0.223 e. The molecular weight excluding hydrogens is 447 g/mol. The average molecular weight is 481 g/mol. The number of likely N-dealkylation sites (N-methyl/N-ethyl adjacent to an activating group) is 1. The van der Waals surface area contributed by atoms with Crippen molar-refractivity contribution in [1.82, 2.24) is 30.0 Å². The van der Waals surface area contributed by atoms with Gasteiger partial charge in [0.1, 0.15) is 18.0 Å². The number of rotatable bonds is 6. The highest BCUT2D eigenvalue weighted by atomic mass is 19.1. The number of hydrogen-bond acceptors (Lipinski definition) is 7. The molecule has 0 radical (unpaired) electrons. The van der Waals surface area contributed by atoms with E-state index in [0.29, 0.717) is 5.65 Å². The van der Waals surface area contributed by atoms with Crippen molar-refractivity contribution in [2.75, 3.05) is 55.6 Å². The largest absolute Gasteiger partial charge is 0.369 e. The van der Waals surface area contributed by atoms with E-state index in [1.807, 2.05) is 25.1 Å². The molecule has 4 heterocycles. The van der Waals surface area contributed by atoms with Gasteiger partial charge in [-0.3, -0.25) is 4.79 Å². The first kappa shape index (κ1) is 23.5. The van der Waals surface area contributed by atoms with Gasteiger partial charge in [0.2, 0.25) is 5.91 Å². The van der Waals surface area contributed by atoms with Crippen LogP contribution in [0.15, 0.2) is 36.7 Å². The van der Waals surface area contributed by atoms with E-state index < -0.39 is 0 Å². The summed E-state index contributed by atoms with van der Waals surface area (Å²) >= 11 is 0. The van der Waals surface area contributed by atoms with Crippen LogP contribution >= 0.6 is 0 Å². The molecule has 1 N–H and O–H groups in total. The third-order valence-electron chi connectivity index (χ3n) is 7.31. The van der Waals surface area contributed by atoms with Crippen molar-refractivity contribution in [2.45, 2.75) is 32.7 Å². The van der Waals surface area contributed by atoms with Gasteiger partial charge in [0.25, 0.3) is 0 Å². The van der Waals surface area contributed by atoms with Gasteiger partial charge in [0.05, 0.1) is 6.04 Å². The molecule has 186 valence electrons. The Hall–Kier alpha value is -3.27. The van der Waals surface area contributed by atoms with Gasteiger partial charge in [-0.2, -0.15) is 4.52 Å². The summed E-state index contributed by atoms with van der Waals surface area (Å²) in [5.74, 6) is 0.544. The second kappa shape index (κ2) is 10.2. The molecule has 1 amide bonds. The van der Waals surface area contributed by atoms with Crippen LogP contribution in [0.25, 0.3) is 5.65 Å². The van der Waals surface area contributed by atoms with Crippen LogP contribution in [0.1, 0.15) is 38.3 Å². The van der Waals surface area contributed by atoms with Gasteiger partial charge < -0.3 is 20.0 Å². The third kappa shape index (κ3) is 5.07. The summed E-state index contributed by atoms with van der Waals surface area (Å²) in [5.41, 5.74) is 2.56. The first-order chi connectivity index (χ1) is 17.0. The van der Waals surface area contributed by atoms with E-state index in [1.165, 1.54) is 6.07 Å². The number of anilines is 2. The van der Waals surface area contributed by atoms with E-state index in [0.717, 1.165) is 75.7 Å². The lowest BCUT2D eigenvalue weighted by molar-refractivity contribution is -0.126.